The maximum absolute atomic E-state index is 12.5. The molecule has 0 saturated carbocycles. The van der Waals surface area contributed by atoms with Crippen molar-refractivity contribution < 1.29 is 13.9 Å². The lowest BCUT2D eigenvalue weighted by Crippen LogP contribution is -2.01. The quantitative estimate of drug-likeness (QED) is 0.413. The Balaban J connectivity index is 1.92. The number of allylic oxidation sites excluding steroid dienone is 3. The summed E-state index contributed by atoms with van der Waals surface area (Å²) < 4.78 is 17.0. The molecule has 1 heterocycles. The Bertz CT molecular complexity index is 1060. The highest BCUT2D eigenvalue weighted by atomic mass is 16.5. The minimum atomic E-state index is -0.115. The predicted octanol–water partition coefficient (Wildman–Crippen LogP) is 5.49. The van der Waals surface area contributed by atoms with Gasteiger partial charge in [0.25, 0.3) is 0 Å². The zero-order valence-electron chi connectivity index (χ0n) is 15.1. The van der Waals surface area contributed by atoms with Crippen LogP contribution in [0.25, 0.3) is 22.3 Å². The van der Waals surface area contributed by atoms with Gasteiger partial charge < -0.3 is 13.9 Å². The van der Waals surface area contributed by atoms with E-state index >= 15 is 0 Å². The molecule has 0 amide bonds. The second-order valence-electron chi connectivity index (χ2n) is 5.70. The van der Waals surface area contributed by atoms with E-state index < -0.39 is 0 Å². The lowest BCUT2D eigenvalue weighted by Gasteiger charge is -2.08. The Hall–Kier alpha value is -3.53. The van der Waals surface area contributed by atoms with Gasteiger partial charge in [0.2, 0.25) is 0 Å². The average Bonchev–Trinajstić information content (AvgIpc) is 2.69. The summed E-state index contributed by atoms with van der Waals surface area (Å²) in [6.45, 7) is 9.77. The molecule has 1 aromatic heterocycles. The van der Waals surface area contributed by atoms with Crippen LogP contribution in [0.3, 0.4) is 0 Å². The first-order valence-electron chi connectivity index (χ1n) is 8.58. The number of benzene rings is 2. The monoisotopic (exact) mass is 360 g/mol. The van der Waals surface area contributed by atoms with Crippen LogP contribution in [0.1, 0.15) is 6.92 Å². The zero-order chi connectivity index (χ0) is 19.2. The van der Waals surface area contributed by atoms with Gasteiger partial charge in [0.05, 0.1) is 12.0 Å². The van der Waals surface area contributed by atoms with E-state index in [2.05, 4.69) is 13.2 Å². The van der Waals surface area contributed by atoms with Crippen LogP contribution in [-0.2, 0) is 0 Å². The van der Waals surface area contributed by atoms with Crippen molar-refractivity contribution in [2.45, 2.75) is 6.92 Å². The summed E-state index contributed by atoms with van der Waals surface area (Å²) >= 11 is 0. The Labute approximate surface area is 157 Å². The SMILES string of the molecule is C=C/C=C(\C=C)Oc1ccc(-c2cc(=O)c3cc(OCC)ccc3o2)cc1. The van der Waals surface area contributed by atoms with Gasteiger partial charge in [0.15, 0.2) is 5.43 Å². The summed E-state index contributed by atoms with van der Waals surface area (Å²) in [5, 5.41) is 0.495. The molecule has 0 bridgehead atoms. The van der Waals surface area contributed by atoms with Crippen LogP contribution in [0.4, 0.5) is 0 Å². The Morgan fingerprint density at radius 1 is 1.07 bits per heavy atom. The summed E-state index contributed by atoms with van der Waals surface area (Å²) in [6.07, 6.45) is 4.96. The molecule has 27 heavy (non-hydrogen) atoms. The van der Waals surface area contributed by atoms with E-state index in [1.165, 1.54) is 6.07 Å². The molecule has 0 aliphatic heterocycles. The summed E-state index contributed by atoms with van der Waals surface area (Å²) in [5.41, 5.74) is 1.18. The van der Waals surface area contributed by atoms with Crippen LogP contribution in [0.5, 0.6) is 11.5 Å². The number of hydrogen-bond acceptors (Lipinski definition) is 4. The minimum absolute atomic E-state index is 0.115. The van der Waals surface area contributed by atoms with Gasteiger partial charge in [0.1, 0.15) is 28.6 Å². The fourth-order valence-corrected chi connectivity index (χ4v) is 2.62. The predicted molar refractivity (Wildman–Crippen MR) is 108 cm³/mol. The molecule has 0 saturated heterocycles. The summed E-state index contributed by atoms with van der Waals surface area (Å²) in [6, 6.07) is 14.0. The van der Waals surface area contributed by atoms with E-state index in [4.69, 9.17) is 13.9 Å². The molecule has 0 aliphatic carbocycles. The van der Waals surface area contributed by atoms with Crippen molar-refractivity contribution in [3.63, 3.8) is 0 Å². The van der Waals surface area contributed by atoms with Crippen molar-refractivity contribution in [3.8, 4) is 22.8 Å². The molecule has 3 aromatic rings. The lowest BCUT2D eigenvalue weighted by atomic mass is 10.1. The van der Waals surface area contributed by atoms with Gasteiger partial charge in [-0.05, 0) is 61.5 Å². The summed E-state index contributed by atoms with van der Waals surface area (Å²) in [5.74, 6) is 2.39. The van der Waals surface area contributed by atoms with Crippen LogP contribution in [-0.4, -0.2) is 6.61 Å². The highest BCUT2D eigenvalue weighted by molar-refractivity contribution is 5.80. The molecule has 2 aromatic carbocycles. The molecule has 0 aliphatic rings. The van der Waals surface area contributed by atoms with E-state index in [1.807, 2.05) is 19.1 Å². The highest BCUT2D eigenvalue weighted by Crippen LogP contribution is 2.26. The van der Waals surface area contributed by atoms with Gasteiger partial charge in [-0.25, -0.2) is 0 Å². The molecule has 0 unspecified atom stereocenters. The fourth-order valence-electron chi connectivity index (χ4n) is 2.62. The Morgan fingerprint density at radius 3 is 2.48 bits per heavy atom. The summed E-state index contributed by atoms with van der Waals surface area (Å²) in [7, 11) is 0. The molecular formula is C23H20O4. The maximum atomic E-state index is 12.5. The number of hydrogen-bond donors (Lipinski definition) is 0. The van der Waals surface area contributed by atoms with Crippen molar-refractivity contribution in [1.82, 2.24) is 0 Å². The van der Waals surface area contributed by atoms with E-state index in [1.54, 1.807) is 48.6 Å². The van der Waals surface area contributed by atoms with Gasteiger partial charge in [-0.3, -0.25) is 4.79 Å². The smallest absolute Gasteiger partial charge is 0.193 e. The second-order valence-corrected chi connectivity index (χ2v) is 5.70. The molecule has 0 atom stereocenters. The summed E-state index contributed by atoms with van der Waals surface area (Å²) in [4.78, 5) is 12.5. The minimum Gasteiger partial charge on any atom is -0.494 e. The van der Waals surface area contributed by atoms with Crippen molar-refractivity contribution >= 4 is 11.0 Å². The number of fused-ring (bicyclic) bond motifs is 1. The van der Waals surface area contributed by atoms with Crippen LogP contribution in [0.15, 0.2) is 94.9 Å². The first-order valence-corrected chi connectivity index (χ1v) is 8.58. The maximum Gasteiger partial charge on any atom is 0.193 e. The van der Waals surface area contributed by atoms with Gasteiger partial charge >= 0.3 is 0 Å². The molecule has 0 spiro atoms. The molecule has 4 nitrogen and oxygen atoms in total. The van der Waals surface area contributed by atoms with Crippen LogP contribution in [0, 0.1) is 0 Å². The van der Waals surface area contributed by atoms with Crippen LogP contribution < -0.4 is 14.9 Å². The number of rotatable bonds is 7. The highest BCUT2D eigenvalue weighted by Gasteiger charge is 2.09. The third-order valence-corrected chi connectivity index (χ3v) is 3.87. The molecule has 0 N–H and O–H groups in total. The van der Waals surface area contributed by atoms with Gasteiger partial charge in [-0.2, -0.15) is 0 Å². The number of ether oxygens (including phenoxy) is 2. The van der Waals surface area contributed by atoms with Crippen molar-refractivity contribution in [2.75, 3.05) is 6.61 Å². The van der Waals surface area contributed by atoms with E-state index in [-0.39, 0.29) is 5.43 Å². The molecule has 3 rings (SSSR count). The van der Waals surface area contributed by atoms with E-state index in [0.29, 0.717) is 40.6 Å². The van der Waals surface area contributed by atoms with Crippen molar-refractivity contribution in [3.05, 3.63) is 95.9 Å². The van der Waals surface area contributed by atoms with Crippen molar-refractivity contribution in [2.24, 2.45) is 0 Å². The second kappa shape index (κ2) is 8.23. The molecule has 0 fully saturated rings. The Kier molecular flexibility index (Phi) is 5.57. The fraction of sp³-hybridized carbons (Fsp3) is 0.0870. The van der Waals surface area contributed by atoms with E-state index in [9.17, 15) is 4.79 Å². The first kappa shape index (κ1) is 18.3. The molecule has 0 radical (unpaired) electrons. The standard InChI is InChI=1S/C23H20O4/c1-4-7-17(5-2)26-18-10-8-16(9-11-18)23-15-21(24)20-14-19(25-6-3)12-13-22(20)27-23/h4-5,7-15H,1-2,6H2,3H3/b17-7+. The van der Waals surface area contributed by atoms with Gasteiger partial charge in [-0.15, -0.1) is 0 Å². The zero-order valence-corrected chi connectivity index (χ0v) is 15.1. The van der Waals surface area contributed by atoms with Crippen LogP contribution >= 0.6 is 0 Å². The molecule has 136 valence electrons. The van der Waals surface area contributed by atoms with Gasteiger partial charge in [-0.1, -0.05) is 19.2 Å². The van der Waals surface area contributed by atoms with E-state index in [0.717, 1.165) is 5.56 Å². The average molecular weight is 360 g/mol. The van der Waals surface area contributed by atoms with Crippen molar-refractivity contribution in [1.29, 1.82) is 0 Å². The largest absolute Gasteiger partial charge is 0.494 e. The third kappa shape index (κ3) is 4.18. The topological polar surface area (TPSA) is 48.7 Å². The van der Waals surface area contributed by atoms with Crippen LogP contribution in [0.2, 0.25) is 0 Å². The molecular weight excluding hydrogens is 340 g/mol. The first-order chi connectivity index (χ1) is 13.1. The normalized spacial score (nSPS) is 11.2. The third-order valence-electron chi connectivity index (χ3n) is 3.87. The van der Waals surface area contributed by atoms with Gasteiger partial charge in [0, 0.05) is 11.6 Å². The lowest BCUT2D eigenvalue weighted by molar-refractivity contribution is 0.340. The molecule has 4 heteroatoms. The Morgan fingerprint density at radius 2 is 1.81 bits per heavy atom.